The van der Waals surface area contributed by atoms with Gasteiger partial charge in [0, 0.05) is 12.6 Å². The van der Waals surface area contributed by atoms with Gasteiger partial charge in [0.15, 0.2) is 0 Å². The smallest absolute Gasteiger partial charge is 0.123 e. The Morgan fingerprint density at radius 1 is 1.37 bits per heavy atom. The van der Waals surface area contributed by atoms with Crippen LogP contribution in [0.4, 0.5) is 4.39 Å². The van der Waals surface area contributed by atoms with Gasteiger partial charge in [-0.3, -0.25) is 0 Å². The van der Waals surface area contributed by atoms with Crippen LogP contribution in [0.5, 0.6) is 0 Å². The SMILES string of the molecule is CCN1CCC(CNC(C)Cc2ccc(F)cc2)C1. The van der Waals surface area contributed by atoms with E-state index in [1.807, 2.05) is 12.1 Å². The van der Waals surface area contributed by atoms with E-state index in [9.17, 15) is 4.39 Å². The molecule has 3 heteroatoms. The van der Waals surface area contributed by atoms with Crippen LogP contribution in [0.1, 0.15) is 25.8 Å². The molecule has 2 nitrogen and oxygen atoms in total. The minimum Gasteiger partial charge on any atom is -0.314 e. The number of nitrogens with one attached hydrogen (secondary N) is 1. The average molecular weight is 264 g/mol. The third-order valence-corrected chi connectivity index (χ3v) is 4.03. The Hall–Kier alpha value is -0.930. The molecule has 1 aliphatic heterocycles. The molecule has 1 N–H and O–H groups in total. The number of nitrogens with zero attached hydrogens (tertiary/aromatic N) is 1. The van der Waals surface area contributed by atoms with Crippen molar-refractivity contribution in [1.29, 1.82) is 0 Å². The molecule has 1 aliphatic rings. The Morgan fingerprint density at radius 2 is 2.11 bits per heavy atom. The normalized spacial score (nSPS) is 21.7. The van der Waals surface area contributed by atoms with E-state index in [-0.39, 0.29) is 5.82 Å². The lowest BCUT2D eigenvalue weighted by molar-refractivity contribution is 0.335. The Kier molecular flexibility index (Phi) is 5.34. The standard InChI is InChI=1S/C16H25FN2/c1-3-19-9-8-15(12-19)11-18-13(2)10-14-4-6-16(17)7-5-14/h4-7,13,15,18H,3,8-12H2,1-2H3. The Bertz CT molecular complexity index is 377. The Labute approximate surface area is 116 Å². The maximum atomic E-state index is 12.8. The van der Waals surface area contributed by atoms with Gasteiger partial charge in [-0.1, -0.05) is 19.1 Å². The molecule has 1 heterocycles. The van der Waals surface area contributed by atoms with Gasteiger partial charge in [0.25, 0.3) is 0 Å². The molecule has 106 valence electrons. The molecule has 0 amide bonds. The number of rotatable bonds is 6. The van der Waals surface area contributed by atoms with E-state index in [4.69, 9.17) is 0 Å². The summed E-state index contributed by atoms with van der Waals surface area (Å²) >= 11 is 0. The number of benzene rings is 1. The fraction of sp³-hybridized carbons (Fsp3) is 0.625. The highest BCUT2D eigenvalue weighted by Gasteiger charge is 2.21. The molecule has 2 rings (SSSR count). The molecule has 0 saturated carbocycles. The predicted molar refractivity (Wildman–Crippen MR) is 77.8 cm³/mol. The van der Waals surface area contributed by atoms with Crippen LogP contribution in [0.2, 0.25) is 0 Å². The molecule has 0 aromatic heterocycles. The summed E-state index contributed by atoms with van der Waals surface area (Å²) in [6, 6.07) is 7.28. The van der Waals surface area contributed by atoms with Crippen LogP contribution in [-0.4, -0.2) is 37.1 Å². The van der Waals surface area contributed by atoms with Crippen molar-refractivity contribution in [2.24, 2.45) is 5.92 Å². The first-order valence-corrected chi connectivity index (χ1v) is 7.37. The largest absolute Gasteiger partial charge is 0.314 e. The molecule has 0 bridgehead atoms. The summed E-state index contributed by atoms with van der Waals surface area (Å²) in [6.45, 7) is 9.17. The summed E-state index contributed by atoms with van der Waals surface area (Å²) in [7, 11) is 0. The van der Waals surface area contributed by atoms with Crippen LogP contribution in [-0.2, 0) is 6.42 Å². The third-order valence-electron chi connectivity index (χ3n) is 4.03. The van der Waals surface area contributed by atoms with Crippen LogP contribution in [0.3, 0.4) is 0 Å². The molecular weight excluding hydrogens is 239 g/mol. The van der Waals surface area contributed by atoms with Crippen molar-refractivity contribution in [2.75, 3.05) is 26.2 Å². The van der Waals surface area contributed by atoms with Gasteiger partial charge in [-0.25, -0.2) is 4.39 Å². The lowest BCUT2D eigenvalue weighted by Gasteiger charge is -2.18. The summed E-state index contributed by atoms with van der Waals surface area (Å²) in [5.41, 5.74) is 1.20. The fourth-order valence-electron chi connectivity index (χ4n) is 2.78. The van der Waals surface area contributed by atoms with Crippen LogP contribution in [0, 0.1) is 11.7 Å². The van der Waals surface area contributed by atoms with Gasteiger partial charge in [-0.2, -0.15) is 0 Å². The summed E-state index contributed by atoms with van der Waals surface area (Å²) in [5, 5.41) is 3.61. The molecule has 1 fully saturated rings. The second-order valence-corrected chi connectivity index (χ2v) is 5.69. The topological polar surface area (TPSA) is 15.3 Å². The molecule has 0 spiro atoms. The third kappa shape index (κ3) is 4.59. The zero-order valence-corrected chi connectivity index (χ0v) is 12.0. The van der Waals surface area contributed by atoms with Gasteiger partial charge in [0.05, 0.1) is 0 Å². The van der Waals surface area contributed by atoms with Crippen molar-refractivity contribution < 1.29 is 4.39 Å². The first-order chi connectivity index (χ1) is 9.17. The predicted octanol–water partition coefficient (Wildman–Crippen LogP) is 2.69. The second-order valence-electron chi connectivity index (χ2n) is 5.69. The van der Waals surface area contributed by atoms with Crippen LogP contribution < -0.4 is 5.32 Å². The number of halogens is 1. The van der Waals surface area contributed by atoms with E-state index in [1.165, 1.54) is 43.8 Å². The van der Waals surface area contributed by atoms with E-state index in [0.717, 1.165) is 18.9 Å². The summed E-state index contributed by atoms with van der Waals surface area (Å²) in [6.07, 6.45) is 2.27. The molecule has 0 aliphatic carbocycles. The van der Waals surface area contributed by atoms with Gasteiger partial charge < -0.3 is 10.2 Å². The van der Waals surface area contributed by atoms with E-state index in [2.05, 4.69) is 24.1 Å². The fourth-order valence-corrected chi connectivity index (χ4v) is 2.78. The van der Waals surface area contributed by atoms with Gasteiger partial charge in [-0.05, 0) is 63.0 Å². The summed E-state index contributed by atoms with van der Waals surface area (Å²) in [5.74, 6) is 0.630. The van der Waals surface area contributed by atoms with Crippen LogP contribution in [0.15, 0.2) is 24.3 Å². The molecule has 1 aromatic rings. The summed E-state index contributed by atoms with van der Waals surface area (Å²) in [4.78, 5) is 2.51. The molecule has 2 atom stereocenters. The highest BCUT2D eigenvalue weighted by molar-refractivity contribution is 5.16. The maximum Gasteiger partial charge on any atom is 0.123 e. The van der Waals surface area contributed by atoms with E-state index < -0.39 is 0 Å². The van der Waals surface area contributed by atoms with Crippen molar-refractivity contribution in [3.8, 4) is 0 Å². The lowest BCUT2D eigenvalue weighted by atomic mass is 10.1. The number of likely N-dealkylation sites (tertiary alicyclic amines) is 1. The second kappa shape index (κ2) is 7.01. The van der Waals surface area contributed by atoms with Crippen molar-refractivity contribution in [3.05, 3.63) is 35.6 Å². The monoisotopic (exact) mass is 264 g/mol. The Balaban J connectivity index is 1.70. The maximum absolute atomic E-state index is 12.8. The molecule has 1 aromatic carbocycles. The highest BCUT2D eigenvalue weighted by Crippen LogP contribution is 2.15. The Morgan fingerprint density at radius 3 is 2.74 bits per heavy atom. The zero-order valence-electron chi connectivity index (χ0n) is 12.0. The molecule has 2 unspecified atom stereocenters. The van der Waals surface area contributed by atoms with Gasteiger partial charge in [-0.15, -0.1) is 0 Å². The minimum atomic E-state index is -0.157. The number of hydrogen-bond acceptors (Lipinski definition) is 2. The molecule has 0 radical (unpaired) electrons. The number of hydrogen-bond donors (Lipinski definition) is 1. The first-order valence-electron chi connectivity index (χ1n) is 7.37. The van der Waals surface area contributed by atoms with E-state index in [0.29, 0.717) is 6.04 Å². The lowest BCUT2D eigenvalue weighted by Crippen LogP contribution is -2.33. The molecular formula is C16H25FN2. The van der Waals surface area contributed by atoms with Crippen molar-refractivity contribution in [1.82, 2.24) is 10.2 Å². The zero-order chi connectivity index (χ0) is 13.7. The van der Waals surface area contributed by atoms with E-state index in [1.54, 1.807) is 0 Å². The van der Waals surface area contributed by atoms with Crippen LogP contribution >= 0.6 is 0 Å². The average Bonchev–Trinajstić information content (AvgIpc) is 2.87. The van der Waals surface area contributed by atoms with Crippen LogP contribution in [0.25, 0.3) is 0 Å². The molecule has 19 heavy (non-hydrogen) atoms. The minimum absolute atomic E-state index is 0.157. The van der Waals surface area contributed by atoms with Crippen molar-refractivity contribution in [3.63, 3.8) is 0 Å². The van der Waals surface area contributed by atoms with Crippen molar-refractivity contribution >= 4 is 0 Å². The van der Waals surface area contributed by atoms with Gasteiger partial charge in [0.1, 0.15) is 5.82 Å². The first kappa shape index (κ1) is 14.5. The van der Waals surface area contributed by atoms with Gasteiger partial charge in [0.2, 0.25) is 0 Å². The summed E-state index contributed by atoms with van der Waals surface area (Å²) < 4.78 is 12.8. The van der Waals surface area contributed by atoms with Gasteiger partial charge >= 0.3 is 0 Å². The van der Waals surface area contributed by atoms with Crippen molar-refractivity contribution in [2.45, 2.75) is 32.7 Å². The van der Waals surface area contributed by atoms with E-state index >= 15 is 0 Å². The highest BCUT2D eigenvalue weighted by atomic mass is 19.1. The quantitative estimate of drug-likeness (QED) is 0.850. The molecule has 1 saturated heterocycles.